The van der Waals surface area contributed by atoms with Crippen LogP contribution in [-0.4, -0.2) is 12.7 Å². The summed E-state index contributed by atoms with van der Waals surface area (Å²) < 4.78 is 6.29. The Morgan fingerprint density at radius 1 is 1.00 bits per heavy atom. The summed E-state index contributed by atoms with van der Waals surface area (Å²) in [6.45, 7) is 3.16. The largest absolute Gasteiger partial charge is 0.378 e. The fourth-order valence-corrected chi connectivity index (χ4v) is 4.59. The van der Waals surface area contributed by atoms with Crippen molar-refractivity contribution >= 4 is 0 Å². The Bertz CT molecular complexity index is 596. The topological polar surface area (TPSA) is 33.0 Å². The van der Waals surface area contributed by atoms with Crippen LogP contribution in [0.15, 0.2) is 36.4 Å². The molecule has 0 amide bonds. The minimum Gasteiger partial charge on any atom is -0.378 e. The van der Waals surface area contributed by atoms with Gasteiger partial charge >= 0.3 is 0 Å². The van der Waals surface area contributed by atoms with E-state index >= 15 is 0 Å². The van der Waals surface area contributed by atoms with Gasteiger partial charge in [0.25, 0.3) is 0 Å². The van der Waals surface area contributed by atoms with E-state index in [1.54, 1.807) is 6.08 Å². The Morgan fingerprint density at radius 3 is 2.31 bits per heavy atom. The first-order chi connectivity index (χ1) is 12.8. The lowest BCUT2D eigenvalue weighted by molar-refractivity contribution is -0.00337. The van der Waals surface area contributed by atoms with Crippen molar-refractivity contribution in [1.29, 1.82) is 5.26 Å². The number of benzene rings is 1. The summed E-state index contributed by atoms with van der Waals surface area (Å²) in [5.74, 6) is 2.06. The van der Waals surface area contributed by atoms with Gasteiger partial charge in [0.05, 0.1) is 12.2 Å². The Hall–Kier alpha value is -1.59. The second-order valence-corrected chi connectivity index (χ2v) is 8.17. The normalized spacial score (nSPS) is 29.5. The van der Waals surface area contributed by atoms with Gasteiger partial charge < -0.3 is 4.74 Å². The zero-order valence-corrected chi connectivity index (χ0v) is 16.2. The highest BCUT2D eigenvalue weighted by Crippen LogP contribution is 2.35. The Labute approximate surface area is 159 Å². The lowest BCUT2D eigenvalue weighted by Gasteiger charge is -2.32. The van der Waals surface area contributed by atoms with Crippen molar-refractivity contribution in [2.75, 3.05) is 6.61 Å². The fourth-order valence-electron chi connectivity index (χ4n) is 4.59. The standard InChI is InChI=1S/C24H33NO/c1-2-19-9-11-22(12-10-19)23-13-15-24(16-14-23)26-18-21-7-5-20(6-8-21)4-3-17-25/h3-4,9-12,20-21,23-24H,2,5-8,13-16,18H2,1H3/t20-,21-,23-,24-. The van der Waals surface area contributed by atoms with Crippen LogP contribution >= 0.6 is 0 Å². The lowest BCUT2D eigenvalue weighted by atomic mass is 9.81. The molecule has 0 aliphatic heterocycles. The molecule has 2 saturated carbocycles. The van der Waals surface area contributed by atoms with Gasteiger partial charge in [0.2, 0.25) is 0 Å². The molecular weight excluding hydrogens is 318 g/mol. The number of aryl methyl sites for hydroxylation is 1. The zero-order valence-electron chi connectivity index (χ0n) is 16.2. The SMILES string of the molecule is CCc1ccc([C@H]2CC[C@H](OC[C@H]3CC[C@H](C=CC#N)CC3)CC2)cc1. The minimum atomic E-state index is 0.470. The van der Waals surface area contributed by atoms with Gasteiger partial charge in [0, 0.05) is 12.7 Å². The van der Waals surface area contributed by atoms with Gasteiger partial charge in [-0.05, 0) is 86.7 Å². The molecule has 0 heterocycles. The number of hydrogen-bond acceptors (Lipinski definition) is 2. The third kappa shape index (κ3) is 5.45. The van der Waals surface area contributed by atoms with Crippen LogP contribution in [0.2, 0.25) is 0 Å². The fraction of sp³-hybridized carbons (Fsp3) is 0.625. The van der Waals surface area contributed by atoms with E-state index in [0.717, 1.165) is 24.9 Å². The minimum absolute atomic E-state index is 0.470. The van der Waals surface area contributed by atoms with Gasteiger partial charge in [0.15, 0.2) is 0 Å². The van der Waals surface area contributed by atoms with Crippen molar-refractivity contribution in [2.45, 2.75) is 76.7 Å². The van der Waals surface area contributed by atoms with Gasteiger partial charge in [-0.1, -0.05) is 37.3 Å². The van der Waals surface area contributed by atoms with E-state index in [1.165, 1.54) is 62.5 Å². The molecule has 0 atom stereocenters. The van der Waals surface area contributed by atoms with E-state index in [2.05, 4.69) is 43.3 Å². The van der Waals surface area contributed by atoms with Gasteiger partial charge in [-0.25, -0.2) is 0 Å². The molecule has 0 spiro atoms. The summed E-state index contributed by atoms with van der Waals surface area (Å²) in [5.41, 5.74) is 2.95. The smallest absolute Gasteiger partial charge is 0.0908 e. The number of hydrogen-bond donors (Lipinski definition) is 0. The molecule has 2 nitrogen and oxygen atoms in total. The average molecular weight is 352 g/mol. The molecule has 3 rings (SSSR count). The van der Waals surface area contributed by atoms with Crippen LogP contribution in [0, 0.1) is 23.2 Å². The predicted octanol–water partition coefficient (Wildman–Crippen LogP) is 6.18. The molecule has 2 heteroatoms. The van der Waals surface area contributed by atoms with Crippen LogP contribution in [0.3, 0.4) is 0 Å². The van der Waals surface area contributed by atoms with E-state index in [1.807, 2.05) is 0 Å². The van der Waals surface area contributed by atoms with Crippen LogP contribution < -0.4 is 0 Å². The molecule has 0 unspecified atom stereocenters. The monoisotopic (exact) mass is 351 g/mol. The average Bonchev–Trinajstić information content (AvgIpc) is 2.72. The van der Waals surface area contributed by atoms with Crippen LogP contribution in [-0.2, 0) is 11.2 Å². The summed E-state index contributed by atoms with van der Waals surface area (Å²) in [4.78, 5) is 0. The lowest BCUT2D eigenvalue weighted by Crippen LogP contribution is -2.25. The van der Waals surface area contributed by atoms with Crippen molar-refractivity contribution in [3.63, 3.8) is 0 Å². The van der Waals surface area contributed by atoms with Crippen LogP contribution in [0.25, 0.3) is 0 Å². The Balaban J connectivity index is 1.35. The molecule has 2 aliphatic rings. The highest BCUT2D eigenvalue weighted by molar-refractivity contribution is 5.25. The van der Waals surface area contributed by atoms with Crippen molar-refractivity contribution in [2.24, 2.45) is 11.8 Å². The molecule has 2 fully saturated rings. The summed E-state index contributed by atoms with van der Waals surface area (Å²) >= 11 is 0. The second-order valence-electron chi connectivity index (χ2n) is 8.17. The van der Waals surface area contributed by atoms with E-state index < -0.39 is 0 Å². The van der Waals surface area contributed by atoms with Crippen LogP contribution in [0.5, 0.6) is 0 Å². The maximum Gasteiger partial charge on any atom is 0.0908 e. The van der Waals surface area contributed by atoms with Gasteiger partial charge in [-0.2, -0.15) is 5.26 Å². The number of ether oxygens (including phenoxy) is 1. The molecule has 140 valence electrons. The first-order valence-electron chi connectivity index (χ1n) is 10.5. The number of nitriles is 1. The molecule has 0 bridgehead atoms. The summed E-state index contributed by atoms with van der Waals surface area (Å²) in [7, 11) is 0. The van der Waals surface area contributed by atoms with Gasteiger partial charge in [-0.3, -0.25) is 0 Å². The van der Waals surface area contributed by atoms with E-state index in [4.69, 9.17) is 10.00 Å². The molecule has 2 aliphatic carbocycles. The molecule has 26 heavy (non-hydrogen) atoms. The highest BCUT2D eigenvalue weighted by Gasteiger charge is 2.25. The van der Waals surface area contributed by atoms with E-state index in [-0.39, 0.29) is 0 Å². The van der Waals surface area contributed by atoms with Crippen molar-refractivity contribution in [1.82, 2.24) is 0 Å². The second kappa shape index (κ2) is 9.93. The maximum absolute atomic E-state index is 8.64. The van der Waals surface area contributed by atoms with Crippen LogP contribution in [0.1, 0.15) is 75.3 Å². The number of allylic oxidation sites excluding steroid dienone is 2. The summed E-state index contributed by atoms with van der Waals surface area (Å²) in [6, 6.07) is 11.4. The summed E-state index contributed by atoms with van der Waals surface area (Å²) in [5, 5.41) is 8.64. The molecule has 0 saturated heterocycles. The zero-order chi connectivity index (χ0) is 18.2. The molecule has 1 aromatic rings. The van der Waals surface area contributed by atoms with E-state index in [0.29, 0.717) is 12.0 Å². The van der Waals surface area contributed by atoms with Crippen molar-refractivity contribution in [3.8, 4) is 6.07 Å². The molecular formula is C24H33NO. The van der Waals surface area contributed by atoms with Crippen molar-refractivity contribution in [3.05, 3.63) is 47.5 Å². The quantitative estimate of drug-likeness (QED) is 0.573. The van der Waals surface area contributed by atoms with Gasteiger partial charge in [-0.15, -0.1) is 0 Å². The Morgan fingerprint density at radius 2 is 1.69 bits per heavy atom. The number of rotatable bonds is 6. The highest BCUT2D eigenvalue weighted by atomic mass is 16.5. The first kappa shape index (κ1) is 19.2. The Kier molecular flexibility index (Phi) is 7.32. The first-order valence-corrected chi connectivity index (χ1v) is 10.5. The van der Waals surface area contributed by atoms with Crippen molar-refractivity contribution < 1.29 is 4.74 Å². The molecule has 0 N–H and O–H groups in total. The van der Waals surface area contributed by atoms with Gasteiger partial charge in [0.1, 0.15) is 0 Å². The molecule has 1 aromatic carbocycles. The predicted molar refractivity (Wildman–Crippen MR) is 107 cm³/mol. The maximum atomic E-state index is 8.64. The number of nitrogens with zero attached hydrogens (tertiary/aromatic N) is 1. The molecule has 0 radical (unpaired) electrons. The third-order valence-electron chi connectivity index (χ3n) is 6.44. The van der Waals surface area contributed by atoms with Crippen LogP contribution in [0.4, 0.5) is 0 Å². The van der Waals surface area contributed by atoms with E-state index in [9.17, 15) is 0 Å². The molecule has 0 aromatic heterocycles. The third-order valence-corrected chi connectivity index (χ3v) is 6.44. The summed E-state index contributed by atoms with van der Waals surface area (Å²) in [6.07, 6.45) is 15.2.